The van der Waals surface area contributed by atoms with Crippen LogP contribution in [0.1, 0.15) is 11.1 Å². The van der Waals surface area contributed by atoms with Crippen molar-refractivity contribution < 1.29 is 13.2 Å². The van der Waals surface area contributed by atoms with Crippen LogP contribution in [-0.2, 0) is 16.6 Å². The minimum Gasteiger partial charge on any atom is -0.470 e. The van der Waals surface area contributed by atoms with E-state index in [0.717, 1.165) is 11.1 Å². The molecule has 2 aromatic heterocycles. The number of aryl methyl sites for hydroxylation is 1. The van der Waals surface area contributed by atoms with Gasteiger partial charge in [0.1, 0.15) is 6.61 Å². The number of fused-ring (bicyclic) bond motifs is 1. The summed E-state index contributed by atoms with van der Waals surface area (Å²) in [4.78, 5) is 13.1. The molecule has 4 aromatic rings. The largest absolute Gasteiger partial charge is 0.470 e. The van der Waals surface area contributed by atoms with Crippen LogP contribution in [0.2, 0.25) is 0 Å². The van der Waals surface area contributed by atoms with Crippen LogP contribution in [0.3, 0.4) is 0 Å². The first-order chi connectivity index (χ1) is 14.0. The van der Waals surface area contributed by atoms with Gasteiger partial charge in [-0.1, -0.05) is 35.9 Å². The van der Waals surface area contributed by atoms with Gasteiger partial charge in [-0.15, -0.1) is 0 Å². The van der Waals surface area contributed by atoms with E-state index in [9.17, 15) is 8.42 Å². The smallest absolute Gasteiger partial charge is 0.263 e. The predicted octanol–water partition coefficient (Wildman–Crippen LogP) is 3.71. The summed E-state index contributed by atoms with van der Waals surface area (Å²) in [5, 5.41) is 0. The Morgan fingerprint density at radius 3 is 2.34 bits per heavy atom. The molecule has 7 nitrogen and oxygen atoms in total. The van der Waals surface area contributed by atoms with Gasteiger partial charge in [0.15, 0.2) is 0 Å². The Kier molecular flexibility index (Phi) is 5.09. The zero-order chi connectivity index (χ0) is 20.3. The second-order valence-corrected chi connectivity index (χ2v) is 8.12. The van der Waals surface area contributed by atoms with Crippen LogP contribution in [0.15, 0.2) is 78.0 Å². The molecule has 0 amide bonds. The standard InChI is InChI=1S/C21H18N4O3S/c1-15-8-10-17(11-9-15)29(26,27)25-20-21(28-14-16-5-4-12-22-13-16)24-19-7-3-2-6-18(19)23-20/h2-13H,14H2,1H3,(H,23,25). The molecule has 1 N–H and O–H groups in total. The minimum atomic E-state index is -3.85. The van der Waals surface area contributed by atoms with Crippen LogP contribution in [0, 0.1) is 6.92 Å². The van der Waals surface area contributed by atoms with E-state index in [1.165, 1.54) is 0 Å². The van der Waals surface area contributed by atoms with Gasteiger partial charge in [-0.3, -0.25) is 9.71 Å². The topological polar surface area (TPSA) is 94.1 Å². The number of benzene rings is 2. The van der Waals surface area contributed by atoms with Gasteiger partial charge in [0.2, 0.25) is 5.82 Å². The van der Waals surface area contributed by atoms with Crippen molar-refractivity contribution in [3.63, 3.8) is 0 Å². The Balaban J connectivity index is 1.70. The van der Waals surface area contributed by atoms with Crippen molar-refractivity contribution in [2.45, 2.75) is 18.4 Å². The highest BCUT2D eigenvalue weighted by molar-refractivity contribution is 7.92. The van der Waals surface area contributed by atoms with Crippen LogP contribution in [-0.4, -0.2) is 23.4 Å². The molecule has 0 bridgehead atoms. The van der Waals surface area contributed by atoms with E-state index < -0.39 is 10.0 Å². The first kappa shape index (κ1) is 18.8. The van der Waals surface area contributed by atoms with Crippen molar-refractivity contribution in [3.05, 3.63) is 84.2 Å². The van der Waals surface area contributed by atoms with Crippen molar-refractivity contribution in [1.29, 1.82) is 0 Å². The van der Waals surface area contributed by atoms with E-state index in [2.05, 4.69) is 19.7 Å². The molecule has 0 unspecified atom stereocenters. The molecule has 0 radical (unpaired) electrons. The summed E-state index contributed by atoms with van der Waals surface area (Å²) in [7, 11) is -3.85. The van der Waals surface area contributed by atoms with Gasteiger partial charge in [0.05, 0.1) is 15.9 Å². The fourth-order valence-corrected chi connectivity index (χ4v) is 3.69. The first-order valence-electron chi connectivity index (χ1n) is 8.89. The number of nitrogens with one attached hydrogen (secondary N) is 1. The maximum absolute atomic E-state index is 12.8. The molecule has 0 aliphatic carbocycles. The number of sulfonamides is 1. The molecule has 0 aliphatic rings. The van der Waals surface area contributed by atoms with Crippen molar-refractivity contribution in [3.8, 4) is 5.88 Å². The number of nitrogens with zero attached hydrogens (tertiary/aromatic N) is 3. The van der Waals surface area contributed by atoms with Gasteiger partial charge in [-0.25, -0.2) is 18.4 Å². The Morgan fingerprint density at radius 2 is 1.66 bits per heavy atom. The van der Waals surface area contributed by atoms with Crippen molar-refractivity contribution in [1.82, 2.24) is 15.0 Å². The molecule has 0 aliphatic heterocycles. The third-order valence-electron chi connectivity index (χ3n) is 4.20. The fraction of sp³-hybridized carbons (Fsp3) is 0.0952. The molecule has 0 saturated heterocycles. The molecule has 8 heteroatoms. The number of hydrogen-bond acceptors (Lipinski definition) is 6. The van der Waals surface area contributed by atoms with Gasteiger partial charge < -0.3 is 4.74 Å². The number of hydrogen-bond donors (Lipinski definition) is 1. The quantitative estimate of drug-likeness (QED) is 0.525. The monoisotopic (exact) mass is 406 g/mol. The average Bonchev–Trinajstić information content (AvgIpc) is 2.73. The SMILES string of the molecule is Cc1ccc(S(=O)(=O)Nc2nc3ccccc3nc2OCc2cccnc2)cc1. The number of rotatable bonds is 6. The van der Waals surface area contributed by atoms with Gasteiger partial charge in [0, 0.05) is 18.0 Å². The van der Waals surface area contributed by atoms with E-state index in [-0.39, 0.29) is 23.2 Å². The molecule has 29 heavy (non-hydrogen) atoms. The van der Waals surface area contributed by atoms with Crippen LogP contribution in [0.25, 0.3) is 11.0 Å². The Morgan fingerprint density at radius 1 is 0.931 bits per heavy atom. The summed E-state index contributed by atoms with van der Waals surface area (Å²) >= 11 is 0. The second kappa shape index (κ2) is 7.84. The van der Waals surface area contributed by atoms with E-state index in [0.29, 0.717) is 11.0 Å². The van der Waals surface area contributed by atoms with Crippen LogP contribution in [0.5, 0.6) is 5.88 Å². The van der Waals surface area contributed by atoms with E-state index in [4.69, 9.17) is 4.74 Å². The van der Waals surface area contributed by atoms with Crippen LogP contribution >= 0.6 is 0 Å². The van der Waals surface area contributed by atoms with Crippen molar-refractivity contribution in [2.24, 2.45) is 0 Å². The van der Waals surface area contributed by atoms with Crippen molar-refractivity contribution >= 4 is 26.9 Å². The fourth-order valence-electron chi connectivity index (χ4n) is 2.69. The Hall–Kier alpha value is -3.52. The van der Waals surface area contributed by atoms with Gasteiger partial charge in [-0.2, -0.15) is 0 Å². The highest BCUT2D eigenvalue weighted by atomic mass is 32.2. The lowest BCUT2D eigenvalue weighted by molar-refractivity contribution is 0.295. The number of pyridine rings is 1. The molecule has 0 spiro atoms. The molecule has 0 atom stereocenters. The molecule has 0 fully saturated rings. The molecule has 2 heterocycles. The summed E-state index contributed by atoms with van der Waals surface area (Å²) in [5.74, 6) is 0.136. The third-order valence-corrected chi connectivity index (χ3v) is 5.55. The summed E-state index contributed by atoms with van der Waals surface area (Å²) in [6.07, 6.45) is 3.34. The van der Waals surface area contributed by atoms with Crippen LogP contribution < -0.4 is 9.46 Å². The molecular formula is C21H18N4O3S. The third kappa shape index (κ3) is 4.33. The number of para-hydroxylation sites is 2. The maximum Gasteiger partial charge on any atom is 0.263 e. The summed E-state index contributed by atoms with van der Waals surface area (Å²) in [6.45, 7) is 2.07. The summed E-state index contributed by atoms with van der Waals surface area (Å²) in [6, 6.07) is 17.4. The maximum atomic E-state index is 12.8. The molecular weight excluding hydrogens is 388 g/mol. The van der Waals surface area contributed by atoms with Gasteiger partial charge in [-0.05, 0) is 37.3 Å². The van der Waals surface area contributed by atoms with Gasteiger partial charge >= 0.3 is 0 Å². The summed E-state index contributed by atoms with van der Waals surface area (Å²) < 4.78 is 34.0. The minimum absolute atomic E-state index is 0.0353. The number of ether oxygens (including phenoxy) is 1. The first-order valence-corrected chi connectivity index (χ1v) is 10.4. The Bertz CT molecular complexity index is 1240. The summed E-state index contributed by atoms with van der Waals surface area (Å²) in [5.41, 5.74) is 2.96. The highest BCUT2D eigenvalue weighted by Gasteiger charge is 2.19. The normalized spacial score (nSPS) is 11.3. The highest BCUT2D eigenvalue weighted by Crippen LogP contribution is 2.26. The number of anilines is 1. The van der Waals surface area contributed by atoms with Crippen LogP contribution in [0.4, 0.5) is 5.82 Å². The zero-order valence-electron chi connectivity index (χ0n) is 15.6. The second-order valence-electron chi connectivity index (χ2n) is 6.43. The zero-order valence-corrected chi connectivity index (χ0v) is 16.4. The number of aromatic nitrogens is 3. The van der Waals surface area contributed by atoms with Gasteiger partial charge in [0.25, 0.3) is 15.9 Å². The Labute approximate surface area is 168 Å². The lowest BCUT2D eigenvalue weighted by Gasteiger charge is -2.13. The molecule has 0 saturated carbocycles. The van der Waals surface area contributed by atoms with E-state index >= 15 is 0 Å². The molecule has 146 valence electrons. The van der Waals surface area contributed by atoms with Crippen molar-refractivity contribution in [2.75, 3.05) is 4.72 Å². The molecule has 2 aromatic carbocycles. The predicted molar refractivity (Wildman–Crippen MR) is 110 cm³/mol. The lowest BCUT2D eigenvalue weighted by Crippen LogP contribution is -2.15. The molecule has 4 rings (SSSR count). The lowest BCUT2D eigenvalue weighted by atomic mass is 10.2. The van der Waals surface area contributed by atoms with E-state index in [1.807, 2.05) is 25.1 Å². The average molecular weight is 406 g/mol. The van der Waals surface area contributed by atoms with E-state index in [1.54, 1.807) is 54.9 Å².